The van der Waals surface area contributed by atoms with Gasteiger partial charge in [0.15, 0.2) is 0 Å². The Morgan fingerprint density at radius 3 is 2.70 bits per heavy atom. The van der Waals surface area contributed by atoms with Gasteiger partial charge in [-0.05, 0) is 6.92 Å². The lowest BCUT2D eigenvalue weighted by molar-refractivity contribution is 0.0597. The molecule has 0 radical (unpaired) electrons. The van der Waals surface area contributed by atoms with Crippen LogP contribution in [0.15, 0.2) is 47.1 Å². The average molecular weight is 331 g/mol. The summed E-state index contributed by atoms with van der Waals surface area (Å²) in [7, 11) is 1.35. The van der Waals surface area contributed by atoms with Crippen LogP contribution in [0.1, 0.15) is 21.7 Å². The molecule has 0 N–H and O–H groups in total. The Kier molecular flexibility index (Phi) is 4.21. The van der Waals surface area contributed by atoms with Gasteiger partial charge in [-0.2, -0.15) is 5.10 Å². The van der Waals surface area contributed by atoms with E-state index in [1.165, 1.54) is 7.11 Å². The minimum Gasteiger partial charge on any atom is -0.465 e. The van der Waals surface area contributed by atoms with E-state index in [-0.39, 0.29) is 0 Å². The highest BCUT2D eigenvalue weighted by atomic mass is 35.5. The van der Waals surface area contributed by atoms with Crippen molar-refractivity contribution in [1.29, 1.82) is 0 Å². The first-order valence-corrected chi connectivity index (χ1v) is 7.42. The average Bonchev–Trinajstić information content (AvgIpc) is 3.11. The van der Waals surface area contributed by atoms with Crippen molar-refractivity contribution in [2.24, 2.45) is 0 Å². The van der Waals surface area contributed by atoms with E-state index in [2.05, 4.69) is 5.10 Å². The van der Waals surface area contributed by atoms with Gasteiger partial charge in [0.05, 0.1) is 24.9 Å². The van der Waals surface area contributed by atoms with Gasteiger partial charge in [-0.1, -0.05) is 41.9 Å². The standard InChI is InChI=1S/C17H15ClN2O3/c1-11-15(17(21)22-2)14(10-20-9-13(18)8-19-20)16(23-11)12-6-4-3-5-7-12/h3-9H,10H2,1-2H3. The van der Waals surface area contributed by atoms with Gasteiger partial charge < -0.3 is 9.15 Å². The maximum atomic E-state index is 12.2. The summed E-state index contributed by atoms with van der Waals surface area (Å²) in [5.41, 5.74) is 2.04. The quantitative estimate of drug-likeness (QED) is 0.680. The number of aromatic nitrogens is 2. The number of furan rings is 1. The van der Waals surface area contributed by atoms with Crippen molar-refractivity contribution in [2.75, 3.05) is 7.11 Å². The first kappa shape index (κ1) is 15.4. The Morgan fingerprint density at radius 2 is 2.09 bits per heavy atom. The second kappa shape index (κ2) is 6.30. The van der Waals surface area contributed by atoms with Crippen molar-refractivity contribution < 1.29 is 13.9 Å². The summed E-state index contributed by atoms with van der Waals surface area (Å²) in [6, 6.07) is 9.62. The number of nitrogens with zero attached hydrogens (tertiary/aromatic N) is 2. The Balaban J connectivity index is 2.14. The number of esters is 1. The smallest absolute Gasteiger partial charge is 0.341 e. The number of hydrogen-bond donors (Lipinski definition) is 0. The van der Waals surface area contributed by atoms with Crippen LogP contribution in [0.3, 0.4) is 0 Å². The fourth-order valence-electron chi connectivity index (χ4n) is 2.52. The Hall–Kier alpha value is -2.53. The summed E-state index contributed by atoms with van der Waals surface area (Å²) in [5, 5.41) is 4.71. The maximum Gasteiger partial charge on any atom is 0.341 e. The van der Waals surface area contributed by atoms with Gasteiger partial charge in [-0.3, -0.25) is 4.68 Å². The molecule has 23 heavy (non-hydrogen) atoms. The fourth-order valence-corrected chi connectivity index (χ4v) is 2.68. The molecule has 0 saturated carbocycles. The number of rotatable bonds is 4. The molecule has 6 heteroatoms. The number of ether oxygens (including phenoxy) is 1. The number of aryl methyl sites for hydroxylation is 1. The lowest BCUT2D eigenvalue weighted by atomic mass is 10.0. The molecule has 0 atom stereocenters. The Morgan fingerprint density at radius 1 is 1.35 bits per heavy atom. The van der Waals surface area contributed by atoms with Crippen LogP contribution in [-0.4, -0.2) is 22.9 Å². The molecular formula is C17H15ClN2O3. The number of halogens is 1. The molecular weight excluding hydrogens is 316 g/mol. The van der Waals surface area contributed by atoms with Gasteiger partial charge in [0.2, 0.25) is 0 Å². The number of benzene rings is 1. The third-order valence-electron chi connectivity index (χ3n) is 3.53. The molecule has 0 saturated heterocycles. The maximum absolute atomic E-state index is 12.2. The van der Waals surface area contributed by atoms with Crippen molar-refractivity contribution in [2.45, 2.75) is 13.5 Å². The van der Waals surface area contributed by atoms with Crippen molar-refractivity contribution in [3.8, 4) is 11.3 Å². The van der Waals surface area contributed by atoms with Gasteiger partial charge in [0.25, 0.3) is 0 Å². The van der Waals surface area contributed by atoms with Gasteiger partial charge in [-0.15, -0.1) is 0 Å². The summed E-state index contributed by atoms with van der Waals surface area (Å²) >= 11 is 5.92. The first-order chi connectivity index (χ1) is 11.1. The van der Waals surface area contributed by atoms with E-state index in [9.17, 15) is 4.79 Å². The third-order valence-corrected chi connectivity index (χ3v) is 3.73. The summed E-state index contributed by atoms with van der Waals surface area (Å²) in [4.78, 5) is 12.2. The van der Waals surface area contributed by atoms with Crippen LogP contribution in [0.5, 0.6) is 0 Å². The van der Waals surface area contributed by atoms with Crippen LogP contribution in [-0.2, 0) is 11.3 Å². The number of methoxy groups -OCH3 is 1. The van der Waals surface area contributed by atoms with E-state index < -0.39 is 5.97 Å². The molecule has 118 valence electrons. The summed E-state index contributed by atoms with van der Waals surface area (Å²) < 4.78 is 12.4. The number of carbonyl (C=O) groups is 1. The van der Waals surface area contributed by atoms with Gasteiger partial charge in [0.1, 0.15) is 17.1 Å². The molecule has 5 nitrogen and oxygen atoms in total. The van der Waals surface area contributed by atoms with E-state index in [0.29, 0.717) is 28.7 Å². The minimum atomic E-state index is -0.429. The molecule has 2 heterocycles. The molecule has 0 bridgehead atoms. The highest BCUT2D eigenvalue weighted by molar-refractivity contribution is 6.30. The second-order valence-corrected chi connectivity index (χ2v) is 5.49. The highest BCUT2D eigenvalue weighted by Gasteiger charge is 2.25. The van der Waals surface area contributed by atoms with E-state index in [4.69, 9.17) is 20.8 Å². The van der Waals surface area contributed by atoms with E-state index >= 15 is 0 Å². The fraction of sp³-hybridized carbons (Fsp3) is 0.176. The lowest BCUT2D eigenvalue weighted by Crippen LogP contribution is -2.09. The molecule has 3 rings (SSSR count). The van der Waals surface area contributed by atoms with Gasteiger partial charge >= 0.3 is 5.97 Å². The second-order valence-electron chi connectivity index (χ2n) is 5.05. The van der Waals surface area contributed by atoms with Gasteiger partial charge in [-0.25, -0.2) is 4.79 Å². The van der Waals surface area contributed by atoms with Crippen LogP contribution in [0.25, 0.3) is 11.3 Å². The van der Waals surface area contributed by atoms with Crippen LogP contribution >= 0.6 is 11.6 Å². The summed E-state index contributed by atoms with van der Waals surface area (Å²) in [6.07, 6.45) is 3.24. The largest absolute Gasteiger partial charge is 0.465 e. The topological polar surface area (TPSA) is 57.3 Å². The summed E-state index contributed by atoms with van der Waals surface area (Å²) in [6.45, 7) is 2.11. The van der Waals surface area contributed by atoms with Crippen LogP contribution in [0, 0.1) is 6.92 Å². The summed E-state index contributed by atoms with van der Waals surface area (Å²) in [5.74, 6) is 0.723. The SMILES string of the molecule is COC(=O)c1c(C)oc(-c2ccccc2)c1Cn1cc(Cl)cn1. The zero-order valence-corrected chi connectivity index (χ0v) is 13.5. The van der Waals surface area contributed by atoms with Crippen LogP contribution in [0.2, 0.25) is 5.02 Å². The molecule has 0 aliphatic rings. The zero-order chi connectivity index (χ0) is 16.4. The molecule has 3 aromatic rings. The zero-order valence-electron chi connectivity index (χ0n) is 12.7. The molecule has 0 aliphatic heterocycles. The predicted octanol–water partition coefficient (Wildman–Crippen LogP) is 3.94. The molecule has 0 unspecified atom stereocenters. The van der Waals surface area contributed by atoms with Gasteiger partial charge in [0, 0.05) is 17.3 Å². The Labute approximate surface area is 138 Å². The minimum absolute atomic E-state index is 0.360. The molecule has 0 amide bonds. The molecule has 1 aromatic carbocycles. The van der Waals surface area contributed by atoms with E-state index in [0.717, 1.165) is 11.1 Å². The molecule has 0 spiro atoms. The normalized spacial score (nSPS) is 10.7. The first-order valence-electron chi connectivity index (χ1n) is 7.04. The predicted molar refractivity (Wildman–Crippen MR) is 86.6 cm³/mol. The number of hydrogen-bond acceptors (Lipinski definition) is 4. The van der Waals surface area contributed by atoms with Crippen LogP contribution in [0.4, 0.5) is 0 Å². The Bertz CT molecular complexity index is 837. The van der Waals surface area contributed by atoms with Crippen LogP contribution < -0.4 is 0 Å². The van der Waals surface area contributed by atoms with Crippen molar-refractivity contribution in [3.63, 3.8) is 0 Å². The third kappa shape index (κ3) is 3.00. The van der Waals surface area contributed by atoms with Crippen molar-refractivity contribution in [3.05, 3.63) is 64.6 Å². The van der Waals surface area contributed by atoms with Crippen molar-refractivity contribution in [1.82, 2.24) is 9.78 Å². The number of carbonyl (C=O) groups excluding carboxylic acids is 1. The van der Waals surface area contributed by atoms with Crippen molar-refractivity contribution >= 4 is 17.6 Å². The molecule has 0 fully saturated rings. The van der Waals surface area contributed by atoms with E-state index in [1.807, 2.05) is 30.3 Å². The molecule has 2 aromatic heterocycles. The molecule has 0 aliphatic carbocycles. The monoisotopic (exact) mass is 330 g/mol. The van der Waals surface area contributed by atoms with E-state index in [1.54, 1.807) is 24.0 Å². The lowest BCUT2D eigenvalue weighted by Gasteiger charge is -2.06. The highest BCUT2D eigenvalue weighted by Crippen LogP contribution is 2.32.